The summed E-state index contributed by atoms with van der Waals surface area (Å²) in [5.41, 5.74) is 0.314. The largest absolute Gasteiger partial charge is 0.307 e. The molecule has 4 nitrogen and oxygen atoms in total. The summed E-state index contributed by atoms with van der Waals surface area (Å²) in [5.74, 6) is 0.0881. The minimum absolute atomic E-state index is 0.162. The number of anilines is 1. The number of carbonyl (C=O) groups is 1. The minimum atomic E-state index is -0.351. The number of halogens is 3. The molecule has 0 radical (unpaired) electrons. The molecule has 1 amide bonds. The summed E-state index contributed by atoms with van der Waals surface area (Å²) in [4.78, 5) is 19.7. The molecule has 7 heteroatoms. The molecule has 0 atom stereocenters. The molecule has 2 aromatic rings. The second-order valence-electron chi connectivity index (χ2n) is 3.31. The molecule has 18 heavy (non-hydrogen) atoms. The van der Waals surface area contributed by atoms with Crippen LogP contribution in [0.5, 0.6) is 0 Å². The van der Waals surface area contributed by atoms with E-state index in [0.29, 0.717) is 11.4 Å². The van der Waals surface area contributed by atoms with E-state index in [0.717, 1.165) is 4.47 Å². The molecule has 0 saturated carbocycles. The van der Waals surface area contributed by atoms with Gasteiger partial charge >= 0.3 is 0 Å². The van der Waals surface area contributed by atoms with Crippen LogP contribution in [0, 0.1) is 0 Å². The van der Waals surface area contributed by atoms with Gasteiger partial charge in [0.05, 0.1) is 10.6 Å². The summed E-state index contributed by atoms with van der Waals surface area (Å²) >= 11 is 14.7. The number of hydrogen-bond donors (Lipinski definition) is 1. The molecule has 2 rings (SSSR count). The Bertz CT molecular complexity index is 589. The van der Waals surface area contributed by atoms with Gasteiger partial charge in [0, 0.05) is 16.9 Å². The number of hydrogen-bond acceptors (Lipinski definition) is 3. The van der Waals surface area contributed by atoms with Crippen molar-refractivity contribution in [2.45, 2.75) is 0 Å². The second kappa shape index (κ2) is 5.65. The second-order valence-corrected chi connectivity index (χ2v) is 4.99. The van der Waals surface area contributed by atoms with Gasteiger partial charge in [-0.2, -0.15) is 0 Å². The van der Waals surface area contributed by atoms with E-state index in [1.807, 2.05) is 0 Å². The van der Waals surface area contributed by atoms with Crippen molar-refractivity contribution in [3.63, 3.8) is 0 Å². The Morgan fingerprint density at radius 1 is 1.22 bits per heavy atom. The Hall–Kier alpha value is -1.17. The highest BCUT2D eigenvalue weighted by Crippen LogP contribution is 2.20. The number of aromatic nitrogens is 2. The van der Waals surface area contributed by atoms with Crippen LogP contribution in [0.1, 0.15) is 10.4 Å². The predicted octanol–water partition coefficient (Wildman–Crippen LogP) is 3.80. The third-order valence-electron chi connectivity index (χ3n) is 2.03. The van der Waals surface area contributed by atoms with E-state index in [9.17, 15) is 4.79 Å². The Labute approximate surface area is 121 Å². The third kappa shape index (κ3) is 3.19. The average Bonchev–Trinajstić information content (AvgIpc) is 2.35. The van der Waals surface area contributed by atoms with Gasteiger partial charge in [0.25, 0.3) is 5.91 Å². The molecule has 2 heterocycles. The summed E-state index contributed by atoms with van der Waals surface area (Å²) in [6, 6.07) is 4.90. The van der Waals surface area contributed by atoms with Crippen molar-refractivity contribution in [3.05, 3.63) is 50.8 Å². The van der Waals surface area contributed by atoms with E-state index >= 15 is 0 Å². The third-order valence-corrected chi connectivity index (χ3v) is 3.18. The number of carbonyl (C=O) groups excluding carboxylic acids is 1. The highest BCUT2D eigenvalue weighted by atomic mass is 79.9. The van der Waals surface area contributed by atoms with Crippen LogP contribution < -0.4 is 5.32 Å². The molecular weight excluding hydrogens is 341 g/mol. The van der Waals surface area contributed by atoms with Gasteiger partial charge in [-0.15, -0.1) is 0 Å². The molecule has 0 saturated heterocycles. The zero-order valence-electron chi connectivity index (χ0n) is 8.82. The molecule has 0 aliphatic heterocycles. The van der Waals surface area contributed by atoms with Gasteiger partial charge in [0.2, 0.25) is 0 Å². The van der Waals surface area contributed by atoms with Crippen LogP contribution in [0.25, 0.3) is 0 Å². The molecule has 0 aromatic carbocycles. The number of nitrogens with zero attached hydrogens (tertiary/aromatic N) is 2. The Morgan fingerprint density at radius 2 is 2.00 bits per heavy atom. The van der Waals surface area contributed by atoms with E-state index in [1.54, 1.807) is 18.3 Å². The lowest BCUT2D eigenvalue weighted by molar-refractivity contribution is 0.102. The molecular formula is C11H6BrCl2N3O. The Morgan fingerprint density at radius 3 is 2.61 bits per heavy atom. The molecule has 0 aliphatic carbocycles. The Kier molecular flexibility index (Phi) is 4.16. The summed E-state index contributed by atoms with van der Waals surface area (Å²) in [5, 5.41) is 3.01. The molecule has 0 spiro atoms. The van der Waals surface area contributed by atoms with Crippen molar-refractivity contribution in [1.29, 1.82) is 0 Å². The SMILES string of the molecule is O=C(Nc1ccc(Br)cn1)c1cnc(Cl)c(Cl)c1. The fourth-order valence-corrected chi connectivity index (χ4v) is 1.69. The van der Waals surface area contributed by atoms with E-state index < -0.39 is 0 Å². The zero-order valence-corrected chi connectivity index (χ0v) is 11.9. The van der Waals surface area contributed by atoms with Gasteiger partial charge in [-0.3, -0.25) is 4.79 Å². The first-order chi connectivity index (χ1) is 8.56. The van der Waals surface area contributed by atoms with Gasteiger partial charge in [-0.05, 0) is 34.1 Å². The van der Waals surface area contributed by atoms with Crippen molar-refractivity contribution >= 4 is 50.9 Å². The number of nitrogens with one attached hydrogen (secondary N) is 1. The van der Waals surface area contributed by atoms with Crippen LogP contribution in [0.2, 0.25) is 10.2 Å². The smallest absolute Gasteiger partial charge is 0.258 e. The van der Waals surface area contributed by atoms with Crippen molar-refractivity contribution < 1.29 is 4.79 Å². The maximum Gasteiger partial charge on any atom is 0.258 e. The summed E-state index contributed by atoms with van der Waals surface area (Å²) in [7, 11) is 0. The number of pyridine rings is 2. The van der Waals surface area contributed by atoms with Crippen LogP contribution in [0.4, 0.5) is 5.82 Å². The monoisotopic (exact) mass is 345 g/mol. The van der Waals surface area contributed by atoms with Gasteiger partial charge in [-0.25, -0.2) is 9.97 Å². The summed E-state index contributed by atoms with van der Waals surface area (Å²) < 4.78 is 0.830. The highest BCUT2D eigenvalue weighted by Gasteiger charge is 2.09. The van der Waals surface area contributed by atoms with Gasteiger partial charge in [0.1, 0.15) is 11.0 Å². The Balaban J connectivity index is 2.16. The molecule has 0 unspecified atom stereocenters. The van der Waals surface area contributed by atoms with Gasteiger partial charge in [-0.1, -0.05) is 23.2 Å². The van der Waals surface area contributed by atoms with Crippen molar-refractivity contribution in [2.75, 3.05) is 5.32 Å². The van der Waals surface area contributed by atoms with Crippen LogP contribution in [0.3, 0.4) is 0 Å². The first kappa shape index (κ1) is 13.3. The highest BCUT2D eigenvalue weighted by molar-refractivity contribution is 9.10. The molecule has 0 aliphatic rings. The van der Waals surface area contributed by atoms with E-state index in [4.69, 9.17) is 23.2 Å². The van der Waals surface area contributed by atoms with Crippen molar-refractivity contribution in [3.8, 4) is 0 Å². The first-order valence-corrected chi connectivity index (χ1v) is 6.35. The lowest BCUT2D eigenvalue weighted by Crippen LogP contribution is -2.13. The zero-order chi connectivity index (χ0) is 13.1. The topological polar surface area (TPSA) is 54.9 Å². The predicted molar refractivity (Wildman–Crippen MR) is 74.1 cm³/mol. The fraction of sp³-hybridized carbons (Fsp3) is 0. The molecule has 0 fully saturated rings. The lowest BCUT2D eigenvalue weighted by atomic mass is 10.2. The molecule has 92 valence electrons. The van der Waals surface area contributed by atoms with E-state index in [2.05, 4.69) is 31.2 Å². The van der Waals surface area contributed by atoms with Crippen molar-refractivity contribution in [2.24, 2.45) is 0 Å². The van der Waals surface area contributed by atoms with Crippen LogP contribution in [-0.2, 0) is 0 Å². The van der Waals surface area contributed by atoms with Crippen molar-refractivity contribution in [1.82, 2.24) is 9.97 Å². The first-order valence-electron chi connectivity index (χ1n) is 4.80. The number of rotatable bonds is 2. The van der Waals surface area contributed by atoms with Crippen LogP contribution >= 0.6 is 39.1 Å². The molecule has 2 aromatic heterocycles. The maximum absolute atomic E-state index is 11.9. The molecule has 0 bridgehead atoms. The van der Waals surface area contributed by atoms with E-state index in [1.165, 1.54) is 12.3 Å². The molecule has 1 N–H and O–H groups in total. The van der Waals surface area contributed by atoms with Gasteiger partial charge in [0.15, 0.2) is 0 Å². The van der Waals surface area contributed by atoms with Crippen LogP contribution in [-0.4, -0.2) is 15.9 Å². The fourth-order valence-electron chi connectivity index (χ4n) is 1.18. The standard InChI is InChI=1S/C11H6BrCl2N3O/c12-7-1-2-9(15-5-7)17-11(18)6-3-8(13)10(14)16-4-6/h1-5H,(H,15,17,18). The quantitative estimate of drug-likeness (QED) is 0.841. The summed E-state index contributed by atoms with van der Waals surface area (Å²) in [6.07, 6.45) is 2.94. The average molecular weight is 347 g/mol. The van der Waals surface area contributed by atoms with E-state index in [-0.39, 0.29) is 16.1 Å². The number of amides is 1. The maximum atomic E-state index is 11.9. The summed E-state index contributed by atoms with van der Waals surface area (Å²) in [6.45, 7) is 0. The minimum Gasteiger partial charge on any atom is -0.307 e. The lowest BCUT2D eigenvalue weighted by Gasteiger charge is -2.04. The van der Waals surface area contributed by atoms with Gasteiger partial charge < -0.3 is 5.32 Å². The normalized spacial score (nSPS) is 10.2. The van der Waals surface area contributed by atoms with Crippen LogP contribution in [0.15, 0.2) is 35.1 Å².